The topological polar surface area (TPSA) is 117 Å². The monoisotopic (exact) mass is 557 g/mol. The second kappa shape index (κ2) is 14.6. The van der Waals surface area contributed by atoms with Crippen molar-refractivity contribution < 1.29 is 14.4 Å². The van der Waals surface area contributed by atoms with Crippen molar-refractivity contribution in [3.63, 3.8) is 0 Å². The maximum absolute atomic E-state index is 14.1. The van der Waals surface area contributed by atoms with E-state index in [2.05, 4.69) is 28.1 Å². The molecule has 218 valence electrons. The molecule has 1 saturated heterocycles. The molecule has 0 bridgehead atoms. The van der Waals surface area contributed by atoms with Gasteiger partial charge in [-0.2, -0.15) is 0 Å². The number of benzene rings is 3. The van der Waals surface area contributed by atoms with Crippen LogP contribution in [0.1, 0.15) is 43.7 Å². The normalized spacial score (nSPS) is 17.6. The van der Waals surface area contributed by atoms with Crippen molar-refractivity contribution in [2.75, 3.05) is 32.7 Å². The molecule has 2 atom stereocenters. The first-order valence-corrected chi connectivity index (χ1v) is 14.8. The van der Waals surface area contributed by atoms with E-state index >= 15 is 0 Å². The van der Waals surface area contributed by atoms with Crippen molar-refractivity contribution in [1.82, 2.24) is 20.9 Å². The predicted molar refractivity (Wildman–Crippen MR) is 163 cm³/mol. The quantitative estimate of drug-likeness (QED) is 0.254. The van der Waals surface area contributed by atoms with Crippen molar-refractivity contribution in [2.45, 2.75) is 51.5 Å². The Bertz CT molecular complexity index is 1310. The molecule has 0 radical (unpaired) electrons. The molecule has 1 unspecified atom stereocenters. The van der Waals surface area contributed by atoms with Gasteiger partial charge in [-0.3, -0.25) is 9.59 Å². The lowest BCUT2D eigenvalue weighted by Crippen LogP contribution is -2.59. The van der Waals surface area contributed by atoms with Crippen molar-refractivity contribution in [2.24, 2.45) is 11.1 Å². The molecule has 3 aromatic carbocycles. The third kappa shape index (κ3) is 8.07. The number of hydrogen-bond acceptors (Lipinski definition) is 4. The summed E-state index contributed by atoms with van der Waals surface area (Å²) in [6.45, 7) is 4.34. The summed E-state index contributed by atoms with van der Waals surface area (Å²) >= 11 is 0. The number of nitrogens with zero attached hydrogens (tertiary/aromatic N) is 1. The molecule has 8 heteroatoms. The number of nitrogens with one attached hydrogen (secondary N) is 3. The second-order valence-corrected chi connectivity index (χ2v) is 11.0. The molecular formula is C33H43N5O3. The largest absolute Gasteiger partial charge is 0.356 e. The Balaban J connectivity index is 1.57. The van der Waals surface area contributed by atoms with E-state index in [1.807, 2.05) is 67.6 Å². The Morgan fingerprint density at radius 2 is 1.68 bits per heavy atom. The molecule has 4 rings (SSSR count). The Morgan fingerprint density at radius 3 is 2.44 bits per heavy atom. The number of amides is 4. The van der Waals surface area contributed by atoms with Gasteiger partial charge in [-0.15, -0.1) is 0 Å². The Labute approximate surface area is 243 Å². The molecule has 4 amide bonds. The van der Waals surface area contributed by atoms with Gasteiger partial charge < -0.3 is 26.6 Å². The number of urea groups is 1. The van der Waals surface area contributed by atoms with Crippen LogP contribution in [-0.2, 0) is 22.4 Å². The number of piperidine rings is 1. The first-order chi connectivity index (χ1) is 19.9. The lowest BCUT2D eigenvalue weighted by molar-refractivity contribution is -0.142. The van der Waals surface area contributed by atoms with Gasteiger partial charge in [0.15, 0.2) is 0 Å². The summed E-state index contributed by atoms with van der Waals surface area (Å²) in [7, 11) is 0. The maximum atomic E-state index is 14.1. The molecule has 3 aromatic rings. The molecule has 1 fully saturated rings. The van der Waals surface area contributed by atoms with E-state index < -0.39 is 11.5 Å². The standard InChI is InChI=1S/C33H43N5O3/c1-2-35-31(40)33(23-25-11-4-3-5-12-25)17-10-20-38(24-33)30(39)29(37-32(41)36-19-9-8-18-34)22-26-15-16-27-13-6-7-14-28(27)21-26/h3-7,11-16,21,29H,2,8-10,17-20,22-24,34H2,1H3,(H,35,40)(H2,36,37,41)/t29?,33-/m0/s1. The fourth-order valence-corrected chi connectivity index (χ4v) is 5.77. The third-order valence-corrected chi connectivity index (χ3v) is 7.87. The summed E-state index contributed by atoms with van der Waals surface area (Å²) in [6.07, 6.45) is 3.90. The van der Waals surface area contributed by atoms with E-state index in [1.165, 1.54) is 0 Å². The summed E-state index contributed by atoms with van der Waals surface area (Å²) in [4.78, 5) is 42.3. The van der Waals surface area contributed by atoms with Crippen molar-refractivity contribution >= 4 is 28.6 Å². The summed E-state index contributed by atoms with van der Waals surface area (Å²) < 4.78 is 0. The highest BCUT2D eigenvalue weighted by Gasteiger charge is 2.44. The summed E-state index contributed by atoms with van der Waals surface area (Å²) in [5.41, 5.74) is 6.87. The van der Waals surface area contributed by atoms with E-state index in [0.717, 1.165) is 34.7 Å². The molecule has 8 nitrogen and oxygen atoms in total. The Hall–Kier alpha value is -3.91. The van der Waals surface area contributed by atoms with Gasteiger partial charge in [0, 0.05) is 32.6 Å². The van der Waals surface area contributed by atoms with Crippen molar-refractivity contribution in [3.8, 4) is 0 Å². The molecule has 1 heterocycles. The van der Waals surface area contributed by atoms with E-state index in [0.29, 0.717) is 58.4 Å². The fourth-order valence-electron chi connectivity index (χ4n) is 5.77. The highest BCUT2D eigenvalue weighted by Crippen LogP contribution is 2.35. The SMILES string of the molecule is CCNC(=O)[C@]1(Cc2ccccc2)CCCN(C(=O)C(Cc2ccc3ccccc3c2)NC(=O)NCCCCN)C1. The van der Waals surface area contributed by atoms with Crippen LogP contribution in [-0.4, -0.2) is 61.5 Å². The van der Waals surface area contributed by atoms with Gasteiger partial charge in [-0.05, 0) is 67.5 Å². The van der Waals surface area contributed by atoms with Gasteiger partial charge in [0.05, 0.1) is 5.41 Å². The summed E-state index contributed by atoms with van der Waals surface area (Å²) in [6, 6.07) is 23.0. The molecular weight excluding hydrogens is 514 g/mol. The zero-order valence-electron chi connectivity index (χ0n) is 24.0. The van der Waals surface area contributed by atoms with E-state index in [4.69, 9.17) is 5.73 Å². The number of carbonyl (C=O) groups excluding carboxylic acids is 3. The van der Waals surface area contributed by atoms with E-state index in [-0.39, 0.29) is 17.8 Å². The summed E-state index contributed by atoms with van der Waals surface area (Å²) in [5, 5.41) is 11.0. The number of carbonyl (C=O) groups is 3. The smallest absolute Gasteiger partial charge is 0.315 e. The number of likely N-dealkylation sites (tertiary alicyclic amines) is 1. The van der Waals surface area contributed by atoms with Crippen LogP contribution in [0.2, 0.25) is 0 Å². The molecule has 1 aliphatic rings. The minimum atomic E-state index is -0.771. The lowest BCUT2D eigenvalue weighted by atomic mass is 9.74. The highest BCUT2D eigenvalue weighted by molar-refractivity contribution is 5.89. The van der Waals surface area contributed by atoms with E-state index in [1.54, 1.807) is 4.90 Å². The number of unbranched alkanes of at least 4 members (excludes halogenated alkanes) is 1. The van der Waals surface area contributed by atoms with Gasteiger partial charge in [-0.1, -0.05) is 72.8 Å². The zero-order valence-corrected chi connectivity index (χ0v) is 24.0. The van der Waals surface area contributed by atoms with Crippen LogP contribution in [0.15, 0.2) is 72.8 Å². The lowest BCUT2D eigenvalue weighted by Gasteiger charge is -2.43. The van der Waals surface area contributed by atoms with Crippen LogP contribution in [0.25, 0.3) is 10.8 Å². The Morgan fingerprint density at radius 1 is 0.927 bits per heavy atom. The predicted octanol–water partition coefficient (Wildman–Crippen LogP) is 3.78. The van der Waals surface area contributed by atoms with Crippen molar-refractivity contribution in [1.29, 1.82) is 0 Å². The number of rotatable bonds is 12. The van der Waals surface area contributed by atoms with Gasteiger partial charge >= 0.3 is 6.03 Å². The zero-order chi connectivity index (χ0) is 29.1. The first kappa shape index (κ1) is 30.1. The van der Waals surface area contributed by atoms with Gasteiger partial charge in [0.1, 0.15) is 6.04 Å². The minimum Gasteiger partial charge on any atom is -0.356 e. The number of fused-ring (bicyclic) bond motifs is 1. The van der Waals surface area contributed by atoms with Crippen LogP contribution >= 0.6 is 0 Å². The molecule has 1 aliphatic heterocycles. The average molecular weight is 558 g/mol. The number of hydrogen-bond donors (Lipinski definition) is 4. The maximum Gasteiger partial charge on any atom is 0.315 e. The molecule has 41 heavy (non-hydrogen) atoms. The van der Waals surface area contributed by atoms with Crippen LogP contribution in [0, 0.1) is 5.41 Å². The first-order valence-electron chi connectivity index (χ1n) is 14.8. The van der Waals surface area contributed by atoms with Crippen LogP contribution in [0.5, 0.6) is 0 Å². The molecule has 0 aromatic heterocycles. The van der Waals surface area contributed by atoms with Crippen LogP contribution < -0.4 is 21.7 Å². The fraction of sp³-hybridized carbons (Fsp3) is 0.424. The van der Waals surface area contributed by atoms with Crippen LogP contribution in [0.4, 0.5) is 4.79 Å². The third-order valence-electron chi connectivity index (χ3n) is 7.87. The molecule has 0 aliphatic carbocycles. The molecule has 5 N–H and O–H groups in total. The number of nitrogens with two attached hydrogens (primary N) is 1. The molecule has 0 saturated carbocycles. The van der Waals surface area contributed by atoms with Crippen molar-refractivity contribution in [3.05, 3.63) is 83.9 Å². The van der Waals surface area contributed by atoms with Crippen LogP contribution in [0.3, 0.4) is 0 Å². The Kier molecular flexibility index (Phi) is 10.7. The molecule has 0 spiro atoms. The van der Waals surface area contributed by atoms with Gasteiger partial charge in [0.2, 0.25) is 11.8 Å². The van der Waals surface area contributed by atoms with Gasteiger partial charge in [0.25, 0.3) is 0 Å². The van der Waals surface area contributed by atoms with Gasteiger partial charge in [-0.25, -0.2) is 4.79 Å². The highest BCUT2D eigenvalue weighted by atomic mass is 16.2. The minimum absolute atomic E-state index is 0.0296. The van der Waals surface area contributed by atoms with E-state index in [9.17, 15) is 14.4 Å². The second-order valence-electron chi connectivity index (χ2n) is 11.0. The average Bonchev–Trinajstić information content (AvgIpc) is 2.99. The summed E-state index contributed by atoms with van der Waals surface area (Å²) in [5.74, 6) is -0.199.